The molecule has 0 saturated carbocycles. The molecule has 2 aromatic heterocycles. The van der Waals surface area contributed by atoms with Crippen LogP contribution in [0.3, 0.4) is 0 Å². The van der Waals surface area contributed by atoms with Gasteiger partial charge in [-0.1, -0.05) is 36.2 Å². The number of benzene rings is 1. The first-order valence-corrected chi connectivity index (χ1v) is 9.72. The highest BCUT2D eigenvalue weighted by Crippen LogP contribution is 2.28. The van der Waals surface area contributed by atoms with E-state index in [1.807, 2.05) is 17.5 Å². The molecule has 0 spiro atoms. The molecule has 130 valence electrons. The Labute approximate surface area is 151 Å². The van der Waals surface area contributed by atoms with Gasteiger partial charge in [0.25, 0.3) is 0 Å². The predicted octanol–water partition coefficient (Wildman–Crippen LogP) is 4.79. The summed E-state index contributed by atoms with van der Waals surface area (Å²) in [6, 6.07) is 12.5. The van der Waals surface area contributed by atoms with Crippen LogP contribution in [0.4, 0.5) is 11.4 Å². The fourth-order valence-corrected chi connectivity index (χ4v) is 3.86. The molecular weight excluding hydrogens is 332 g/mol. The van der Waals surface area contributed by atoms with E-state index in [1.165, 1.54) is 31.4 Å². The molecule has 0 unspecified atom stereocenters. The van der Waals surface area contributed by atoms with Crippen molar-refractivity contribution < 1.29 is 4.52 Å². The summed E-state index contributed by atoms with van der Waals surface area (Å²) in [5, 5.41) is 9.56. The number of aromatic nitrogens is 2. The molecule has 1 fully saturated rings. The summed E-state index contributed by atoms with van der Waals surface area (Å²) in [5.74, 6) is 1.27. The van der Waals surface area contributed by atoms with Crippen LogP contribution in [0.1, 0.15) is 31.6 Å². The Kier molecular flexibility index (Phi) is 4.97. The number of rotatable bonds is 5. The molecule has 0 amide bonds. The van der Waals surface area contributed by atoms with Crippen LogP contribution >= 0.6 is 11.3 Å². The molecule has 1 N–H and O–H groups in total. The minimum atomic E-state index is 0.531. The van der Waals surface area contributed by atoms with Crippen LogP contribution in [0.15, 0.2) is 46.3 Å². The molecule has 1 aliphatic heterocycles. The molecule has 3 aromatic rings. The molecule has 1 aliphatic rings. The van der Waals surface area contributed by atoms with Gasteiger partial charge in [0.15, 0.2) is 0 Å². The van der Waals surface area contributed by atoms with Gasteiger partial charge < -0.3 is 14.7 Å². The summed E-state index contributed by atoms with van der Waals surface area (Å²) in [5.41, 5.74) is 2.39. The second-order valence-electron chi connectivity index (χ2n) is 6.26. The van der Waals surface area contributed by atoms with Crippen molar-refractivity contribution in [1.29, 1.82) is 0 Å². The zero-order valence-electron chi connectivity index (χ0n) is 14.1. The number of nitrogens with one attached hydrogen (secondary N) is 1. The monoisotopic (exact) mass is 354 g/mol. The molecule has 0 atom stereocenters. The van der Waals surface area contributed by atoms with Crippen LogP contribution in [0.5, 0.6) is 0 Å². The van der Waals surface area contributed by atoms with Gasteiger partial charge in [-0.05, 0) is 36.4 Å². The van der Waals surface area contributed by atoms with Gasteiger partial charge in [-0.15, -0.1) is 11.3 Å². The van der Waals surface area contributed by atoms with Crippen LogP contribution in [0.25, 0.3) is 10.7 Å². The number of hydrogen-bond donors (Lipinski definition) is 1. The highest BCUT2D eigenvalue weighted by atomic mass is 32.1. The van der Waals surface area contributed by atoms with E-state index in [1.54, 1.807) is 11.3 Å². The van der Waals surface area contributed by atoms with Crippen LogP contribution < -0.4 is 10.2 Å². The lowest BCUT2D eigenvalue weighted by atomic mass is 10.2. The summed E-state index contributed by atoms with van der Waals surface area (Å²) in [6.45, 7) is 2.78. The van der Waals surface area contributed by atoms with Gasteiger partial charge in [0.05, 0.1) is 22.8 Å². The van der Waals surface area contributed by atoms with Crippen molar-refractivity contribution in [2.75, 3.05) is 23.3 Å². The molecule has 4 rings (SSSR count). The van der Waals surface area contributed by atoms with E-state index in [0.717, 1.165) is 23.7 Å². The van der Waals surface area contributed by atoms with Crippen molar-refractivity contribution in [2.45, 2.75) is 32.2 Å². The van der Waals surface area contributed by atoms with E-state index >= 15 is 0 Å². The van der Waals surface area contributed by atoms with E-state index in [9.17, 15) is 0 Å². The lowest BCUT2D eigenvalue weighted by molar-refractivity contribution is 0.384. The first kappa shape index (κ1) is 16.1. The van der Waals surface area contributed by atoms with Crippen molar-refractivity contribution in [3.8, 4) is 10.7 Å². The maximum Gasteiger partial charge on any atom is 0.246 e. The molecule has 25 heavy (non-hydrogen) atoms. The first-order valence-electron chi connectivity index (χ1n) is 8.84. The standard InChI is InChI=1S/C19H22N4OS/c1-2-6-12-23(11-5-1)16-9-4-3-8-15(16)20-14-18-21-19(22-24-18)17-10-7-13-25-17/h3-4,7-10,13,20H,1-2,5-6,11-12,14H2. The van der Waals surface area contributed by atoms with Crippen LogP contribution in [-0.2, 0) is 6.54 Å². The summed E-state index contributed by atoms with van der Waals surface area (Å²) >= 11 is 1.61. The summed E-state index contributed by atoms with van der Waals surface area (Å²) in [7, 11) is 0. The Balaban J connectivity index is 1.46. The third kappa shape index (κ3) is 3.85. The number of thiophene rings is 1. The zero-order valence-corrected chi connectivity index (χ0v) is 15.0. The predicted molar refractivity (Wildman–Crippen MR) is 102 cm³/mol. The number of nitrogens with zero attached hydrogens (tertiary/aromatic N) is 3. The lowest BCUT2D eigenvalue weighted by Gasteiger charge is -2.25. The number of anilines is 2. The molecule has 1 saturated heterocycles. The average molecular weight is 354 g/mol. The van der Waals surface area contributed by atoms with Gasteiger partial charge in [0.2, 0.25) is 11.7 Å². The molecule has 1 aromatic carbocycles. The quantitative estimate of drug-likeness (QED) is 0.714. The third-order valence-electron chi connectivity index (χ3n) is 4.49. The number of hydrogen-bond acceptors (Lipinski definition) is 6. The van der Waals surface area contributed by atoms with E-state index in [0.29, 0.717) is 18.3 Å². The third-order valence-corrected chi connectivity index (χ3v) is 5.36. The van der Waals surface area contributed by atoms with Gasteiger partial charge in [-0.2, -0.15) is 4.98 Å². The van der Waals surface area contributed by atoms with E-state index in [4.69, 9.17) is 4.52 Å². The fourth-order valence-electron chi connectivity index (χ4n) is 3.21. The smallest absolute Gasteiger partial charge is 0.246 e. The van der Waals surface area contributed by atoms with Crippen LogP contribution in [-0.4, -0.2) is 23.2 Å². The number of para-hydroxylation sites is 2. The second-order valence-corrected chi connectivity index (χ2v) is 7.21. The maximum atomic E-state index is 5.38. The fraction of sp³-hybridized carbons (Fsp3) is 0.368. The Hall–Kier alpha value is -2.34. The minimum Gasteiger partial charge on any atom is -0.374 e. The minimum absolute atomic E-state index is 0.531. The van der Waals surface area contributed by atoms with Crippen molar-refractivity contribution in [1.82, 2.24) is 10.1 Å². The van der Waals surface area contributed by atoms with Gasteiger partial charge in [-0.25, -0.2) is 0 Å². The van der Waals surface area contributed by atoms with Crippen molar-refractivity contribution in [2.24, 2.45) is 0 Å². The van der Waals surface area contributed by atoms with E-state index < -0.39 is 0 Å². The first-order chi connectivity index (χ1) is 12.4. The highest BCUT2D eigenvalue weighted by Gasteiger charge is 2.14. The van der Waals surface area contributed by atoms with Crippen LogP contribution in [0, 0.1) is 0 Å². The molecule has 3 heterocycles. The maximum absolute atomic E-state index is 5.38. The van der Waals surface area contributed by atoms with Crippen molar-refractivity contribution >= 4 is 22.7 Å². The van der Waals surface area contributed by atoms with Crippen molar-refractivity contribution in [3.63, 3.8) is 0 Å². The molecule has 0 radical (unpaired) electrons. The Bertz CT molecular complexity index is 791. The summed E-state index contributed by atoms with van der Waals surface area (Å²) in [6.07, 6.45) is 5.20. The molecule has 5 nitrogen and oxygen atoms in total. The Morgan fingerprint density at radius 2 is 1.88 bits per heavy atom. The van der Waals surface area contributed by atoms with Crippen molar-refractivity contribution in [3.05, 3.63) is 47.7 Å². The Morgan fingerprint density at radius 1 is 1.04 bits per heavy atom. The van der Waals surface area contributed by atoms with Gasteiger partial charge in [0.1, 0.15) is 0 Å². The SMILES string of the molecule is c1csc(-c2noc(CNc3ccccc3N3CCCCCC3)n2)c1. The van der Waals surface area contributed by atoms with Gasteiger partial charge >= 0.3 is 0 Å². The Morgan fingerprint density at radius 3 is 2.68 bits per heavy atom. The largest absolute Gasteiger partial charge is 0.374 e. The van der Waals surface area contributed by atoms with Gasteiger partial charge in [0, 0.05) is 13.1 Å². The summed E-state index contributed by atoms with van der Waals surface area (Å²) in [4.78, 5) is 8.00. The topological polar surface area (TPSA) is 54.2 Å². The molecule has 0 bridgehead atoms. The molecular formula is C19H22N4OS. The normalized spacial score (nSPS) is 15.1. The average Bonchev–Trinajstić information content (AvgIpc) is 3.27. The second kappa shape index (κ2) is 7.70. The van der Waals surface area contributed by atoms with E-state index in [-0.39, 0.29) is 0 Å². The molecule has 6 heteroatoms. The zero-order chi connectivity index (χ0) is 16.9. The summed E-state index contributed by atoms with van der Waals surface area (Å²) < 4.78 is 5.38. The van der Waals surface area contributed by atoms with Gasteiger partial charge in [-0.3, -0.25) is 0 Å². The van der Waals surface area contributed by atoms with Crippen LogP contribution in [0.2, 0.25) is 0 Å². The van der Waals surface area contributed by atoms with E-state index in [2.05, 4.69) is 44.6 Å². The molecule has 0 aliphatic carbocycles. The lowest BCUT2D eigenvalue weighted by Crippen LogP contribution is -2.24. The highest BCUT2D eigenvalue weighted by molar-refractivity contribution is 7.13.